The minimum atomic E-state index is -0.181. The molecule has 0 saturated carbocycles. The van der Waals surface area contributed by atoms with Crippen molar-refractivity contribution in [1.29, 1.82) is 0 Å². The first kappa shape index (κ1) is 16.8. The van der Waals surface area contributed by atoms with Gasteiger partial charge >= 0.3 is 0 Å². The third-order valence-electron chi connectivity index (χ3n) is 4.10. The highest BCUT2D eigenvalue weighted by molar-refractivity contribution is 7.21. The fourth-order valence-electron chi connectivity index (χ4n) is 2.80. The molecule has 3 nitrogen and oxygen atoms in total. The van der Waals surface area contributed by atoms with Crippen LogP contribution in [0.1, 0.15) is 15.9 Å². The first-order valence-electron chi connectivity index (χ1n) is 8.14. The molecule has 0 saturated heterocycles. The van der Waals surface area contributed by atoms with Crippen molar-refractivity contribution in [1.82, 2.24) is 4.98 Å². The predicted octanol–water partition coefficient (Wildman–Crippen LogP) is 6.18. The SMILES string of the molecule is Cc1cc(NC(=O)c2cccc(Cl)c2)ccc1-c1nc2ccccc2s1. The Morgan fingerprint density at radius 2 is 1.88 bits per heavy atom. The Balaban J connectivity index is 1.60. The molecule has 3 aromatic carbocycles. The van der Waals surface area contributed by atoms with Gasteiger partial charge in [-0.3, -0.25) is 4.79 Å². The van der Waals surface area contributed by atoms with Gasteiger partial charge in [0.25, 0.3) is 5.91 Å². The van der Waals surface area contributed by atoms with Gasteiger partial charge in [0.15, 0.2) is 0 Å². The van der Waals surface area contributed by atoms with Gasteiger partial charge in [0, 0.05) is 21.8 Å². The number of carbonyl (C=O) groups excluding carboxylic acids is 1. The van der Waals surface area contributed by atoms with E-state index in [1.54, 1.807) is 35.6 Å². The Morgan fingerprint density at radius 1 is 1.04 bits per heavy atom. The molecular weight excluding hydrogens is 364 g/mol. The lowest BCUT2D eigenvalue weighted by molar-refractivity contribution is 0.102. The third-order valence-corrected chi connectivity index (χ3v) is 5.40. The number of rotatable bonds is 3. The van der Waals surface area contributed by atoms with Crippen molar-refractivity contribution in [3.8, 4) is 10.6 Å². The second kappa shape index (κ2) is 6.90. The van der Waals surface area contributed by atoms with Crippen molar-refractivity contribution in [3.05, 3.63) is 82.9 Å². The molecule has 0 unspecified atom stereocenters. The van der Waals surface area contributed by atoms with Gasteiger partial charge in [-0.1, -0.05) is 29.8 Å². The molecule has 1 amide bonds. The summed E-state index contributed by atoms with van der Waals surface area (Å²) < 4.78 is 1.17. The number of benzene rings is 3. The maximum atomic E-state index is 12.4. The number of thiazole rings is 1. The van der Waals surface area contributed by atoms with E-state index >= 15 is 0 Å². The first-order valence-corrected chi connectivity index (χ1v) is 9.33. The van der Waals surface area contributed by atoms with Crippen LogP contribution in [0.25, 0.3) is 20.8 Å². The Morgan fingerprint density at radius 3 is 2.65 bits per heavy atom. The van der Waals surface area contributed by atoms with Gasteiger partial charge in [0.05, 0.1) is 10.2 Å². The molecule has 4 aromatic rings. The molecule has 0 aliphatic rings. The van der Waals surface area contributed by atoms with Gasteiger partial charge < -0.3 is 5.32 Å². The van der Waals surface area contributed by atoms with Gasteiger partial charge in [-0.05, 0) is 61.0 Å². The summed E-state index contributed by atoms with van der Waals surface area (Å²) >= 11 is 7.62. The molecular formula is C21H15ClN2OS. The number of carbonyl (C=O) groups is 1. The summed E-state index contributed by atoms with van der Waals surface area (Å²) in [6, 6.07) is 20.9. The topological polar surface area (TPSA) is 42.0 Å². The highest BCUT2D eigenvalue weighted by Gasteiger charge is 2.11. The van der Waals surface area contributed by atoms with Crippen LogP contribution in [0.2, 0.25) is 5.02 Å². The fourth-order valence-corrected chi connectivity index (χ4v) is 4.05. The number of aromatic nitrogens is 1. The number of aryl methyl sites for hydroxylation is 1. The largest absolute Gasteiger partial charge is 0.322 e. The minimum absolute atomic E-state index is 0.181. The molecule has 1 heterocycles. The van der Waals surface area contributed by atoms with Crippen molar-refractivity contribution in [2.24, 2.45) is 0 Å². The van der Waals surface area contributed by atoms with E-state index < -0.39 is 0 Å². The molecule has 128 valence electrons. The van der Waals surface area contributed by atoms with E-state index in [4.69, 9.17) is 16.6 Å². The Labute approximate surface area is 160 Å². The second-order valence-corrected chi connectivity index (χ2v) is 7.45. The van der Waals surface area contributed by atoms with Crippen LogP contribution in [-0.2, 0) is 0 Å². The normalized spacial score (nSPS) is 10.8. The number of nitrogens with one attached hydrogen (secondary N) is 1. The van der Waals surface area contributed by atoms with Gasteiger partial charge in [-0.25, -0.2) is 4.98 Å². The number of para-hydroxylation sites is 1. The van der Waals surface area contributed by atoms with Crippen LogP contribution in [0.15, 0.2) is 66.7 Å². The van der Waals surface area contributed by atoms with Gasteiger partial charge in [0.1, 0.15) is 5.01 Å². The summed E-state index contributed by atoms with van der Waals surface area (Å²) in [6.45, 7) is 2.02. The quantitative estimate of drug-likeness (QED) is 0.462. The van der Waals surface area contributed by atoms with E-state index in [2.05, 4.69) is 11.4 Å². The lowest BCUT2D eigenvalue weighted by Gasteiger charge is -2.09. The smallest absolute Gasteiger partial charge is 0.255 e. The van der Waals surface area contributed by atoms with Crippen LogP contribution < -0.4 is 5.32 Å². The monoisotopic (exact) mass is 378 g/mol. The summed E-state index contributed by atoms with van der Waals surface area (Å²) in [7, 11) is 0. The number of nitrogens with zero attached hydrogens (tertiary/aromatic N) is 1. The standard InChI is InChI=1S/C21H15ClN2OS/c1-13-11-16(23-20(25)14-5-4-6-15(22)12-14)9-10-17(13)21-24-18-7-2-3-8-19(18)26-21/h2-12H,1H3,(H,23,25). The molecule has 0 aliphatic heterocycles. The lowest BCUT2D eigenvalue weighted by Crippen LogP contribution is -2.11. The molecule has 1 aromatic heterocycles. The summed E-state index contributed by atoms with van der Waals surface area (Å²) in [5, 5.41) is 4.44. The highest BCUT2D eigenvalue weighted by Crippen LogP contribution is 2.33. The third kappa shape index (κ3) is 3.34. The van der Waals surface area contributed by atoms with E-state index in [0.29, 0.717) is 10.6 Å². The van der Waals surface area contributed by atoms with Crippen molar-refractivity contribution >= 4 is 44.7 Å². The van der Waals surface area contributed by atoms with Crippen LogP contribution in [-0.4, -0.2) is 10.9 Å². The maximum absolute atomic E-state index is 12.4. The molecule has 1 N–H and O–H groups in total. The number of amides is 1. The summed E-state index contributed by atoms with van der Waals surface area (Å²) in [5.74, 6) is -0.181. The average molecular weight is 379 g/mol. The van der Waals surface area contributed by atoms with Gasteiger partial charge in [0.2, 0.25) is 0 Å². The van der Waals surface area contributed by atoms with Crippen molar-refractivity contribution in [2.45, 2.75) is 6.92 Å². The Hall–Kier alpha value is -2.69. The van der Waals surface area contributed by atoms with E-state index in [1.807, 2.05) is 43.3 Å². The van der Waals surface area contributed by atoms with Crippen molar-refractivity contribution in [2.75, 3.05) is 5.32 Å². The van der Waals surface area contributed by atoms with Crippen molar-refractivity contribution in [3.63, 3.8) is 0 Å². The molecule has 0 radical (unpaired) electrons. The van der Waals surface area contributed by atoms with E-state index in [-0.39, 0.29) is 5.91 Å². The van der Waals surface area contributed by atoms with E-state index in [0.717, 1.165) is 27.3 Å². The fraction of sp³-hybridized carbons (Fsp3) is 0.0476. The maximum Gasteiger partial charge on any atom is 0.255 e. The first-order chi connectivity index (χ1) is 12.6. The predicted molar refractivity (Wildman–Crippen MR) is 109 cm³/mol. The lowest BCUT2D eigenvalue weighted by atomic mass is 10.1. The van der Waals surface area contributed by atoms with Crippen LogP contribution in [0, 0.1) is 6.92 Å². The number of hydrogen-bond donors (Lipinski definition) is 1. The molecule has 0 spiro atoms. The highest BCUT2D eigenvalue weighted by atomic mass is 35.5. The summed E-state index contributed by atoms with van der Waals surface area (Å²) in [4.78, 5) is 17.1. The van der Waals surface area contributed by atoms with Gasteiger partial charge in [-0.2, -0.15) is 0 Å². The molecule has 26 heavy (non-hydrogen) atoms. The zero-order valence-electron chi connectivity index (χ0n) is 14.0. The molecule has 0 aliphatic carbocycles. The zero-order chi connectivity index (χ0) is 18.1. The van der Waals surface area contributed by atoms with Crippen LogP contribution >= 0.6 is 22.9 Å². The number of fused-ring (bicyclic) bond motifs is 1. The molecule has 0 atom stereocenters. The number of halogens is 1. The van der Waals surface area contributed by atoms with Gasteiger partial charge in [-0.15, -0.1) is 11.3 Å². The Kier molecular flexibility index (Phi) is 4.45. The summed E-state index contributed by atoms with van der Waals surface area (Å²) in [5.41, 5.74) is 4.42. The van der Waals surface area contributed by atoms with E-state index in [1.165, 1.54) is 4.70 Å². The minimum Gasteiger partial charge on any atom is -0.322 e. The van der Waals surface area contributed by atoms with Crippen LogP contribution in [0.4, 0.5) is 5.69 Å². The molecule has 4 rings (SSSR count). The zero-order valence-corrected chi connectivity index (χ0v) is 15.6. The van der Waals surface area contributed by atoms with Crippen LogP contribution in [0.3, 0.4) is 0 Å². The molecule has 5 heteroatoms. The second-order valence-electron chi connectivity index (χ2n) is 5.98. The molecule has 0 bridgehead atoms. The van der Waals surface area contributed by atoms with Crippen LogP contribution in [0.5, 0.6) is 0 Å². The average Bonchev–Trinajstić information content (AvgIpc) is 3.05. The summed E-state index contributed by atoms with van der Waals surface area (Å²) in [6.07, 6.45) is 0. The van der Waals surface area contributed by atoms with Crippen molar-refractivity contribution < 1.29 is 4.79 Å². The Bertz CT molecular complexity index is 1090. The number of hydrogen-bond acceptors (Lipinski definition) is 3. The van der Waals surface area contributed by atoms with E-state index in [9.17, 15) is 4.79 Å². The number of anilines is 1. The molecule has 0 fully saturated rings.